The van der Waals surface area contributed by atoms with Crippen LogP contribution in [-0.2, 0) is 16.6 Å². The standard InChI is InChI=1S/C18H19Cl3N2O3S.ClH/c1-26-14-4-2-3-13(9-14)12-22-5-7-23(8-6-22)27(24,25)18-11-16(20)15(19)10-17(18)21;/h2-4,9-11H,5-8,12H2,1H3;1H. The lowest BCUT2D eigenvalue weighted by Crippen LogP contribution is -2.48. The van der Waals surface area contributed by atoms with Crippen molar-refractivity contribution in [3.05, 3.63) is 57.0 Å². The number of methoxy groups -OCH3 is 1. The number of piperazine rings is 1. The molecule has 0 unspecified atom stereocenters. The summed E-state index contributed by atoms with van der Waals surface area (Å²) in [5, 5.41) is 0.461. The van der Waals surface area contributed by atoms with Crippen LogP contribution in [-0.4, -0.2) is 50.9 Å². The third kappa shape index (κ3) is 5.25. The lowest BCUT2D eigenvalue weighted by molar-refractivity contribution is 0.181. The summed E-state index contributed by atoms with van der Waals surface area (Å²) in [5.74, 6) is 0.808. The van der Waals surface area contributed by atoms with Gasteiger partial charge in [0, 0.05) is 32.7 Å². The first-order valence-electron chi connectivity index (χ1n) is 8.31. The minimum atomic E-state index is -3.73. The SMILES string of the molecule is COc1cccc(CN2CCN(S(=O)(=O)c3cc(Cl)c(Cl)cc3Cl)CC2)c1.Cl. The Morgan fingerprint density at radius 3 is 2.25 bits per heavy atom. The van der Waals surface area contributed by atoms with E-state index in [-0.39, 0.29) is 32.4 Å². The largest absolute Gasteiger partial charge is 0.497 e. The van der Waals surface area contributed by atoms with Crippen molar-refractivity contribution < 1.29 is 13.2 Å². The maximum atomic E-state index is 12.9. The predicted molar refractivity (Wildman–Crippen MR) is 116 cm³/mol. The van der Waals surface area contributed by atoms with Crippen LogP contribution >= 0.6 is 47.2 Å². The monoisotopic (exact) mass is 484 g/mol. The molecule has 1 heterocycles. The highest BCUT2D eigenvalue weighted by molar-refractivity contribution is 7.89. The summed E-state index contributed by atoms with van der Waals surface area (Å²) in [6.45, 7) is 2.73. The van der Waals surface area contributed by atoms with Gasteiger partial charge in [0.25, 0.3) is 0 Å². The summed E-state index contributed by atoms with van der Waals surface area (Å²) >= 11 is 18.0. The highest BCUT2D eigenvalue weighted by Gasteiger charge is 2.30. The van der Waals surface area contributed by atoms with E-state index in [4.69, 9.17) is 39.5 Å². The Morgan fingerprint density at radius 2 is 1.61 bits per heavy atom. The molecule has 1 aliphatic heterocycles. The summed E-state index contributed by atoms with van der Waals surface area (Å²) in [7, 11) is -2.09. The molecule has 0 amide bonds. The summed E-state index contributed by atoms with van der Waals surface area (Å²) in [6.07, 6.45) is 0. The molecule has 1 saturated heterocycles. The number of benzene rings is 2. The lowest BCUT2D eigenvalue weighted by Gasteiger charge is -2.34. The molecule has 0 aromatic heterocycles. The quantitative estimate of drug-likeness (QED) is 0.581. The summed E-state index contributed by atoms with van der Waals surface area (Å²) in [5.41, 5.74) is 1.12. The molecule has 2 aromatic carbocycles. The second kappa shape index (κ2) is 9.85. The van der Waals surface area contributed by atoms with Crippen LogP contribution in [0, 0.1) is 0 Å². The molecule has 1 fully saturated rings. The van der Waals surface area contributed by atoms with Gasteiger partial charge in [0.05, 0.1) is 22.2 Å². The molecule has 0 N–H and O–H groups in total. The van der Waals surface area contributed by atoms with E-state index in [1.165, 1.54) is 16.4 Å². The molecule has 28 heavy (non-hydrogen) atoms. The fourth-order valence-electron chi connectivity index (χ4n) is 3.00. The van der Waals surface area contributed by atoms with Crippen LogP contribution in [0.5, 0.6) is 5.75 Å². The van der Waals surface area contributed by atoms with Gasteiger partial charge in [-0.05, 0) is 29.8 Å². The van der Waals surface area contributed by atoms with Crippen LogP contribution in [0.4, 0.5) is 0 Å². The van der Waals surface area contributed by atoms with E-state index >= 15 is 0 Å². The Balaban J connectivity index is 0.00000280. The van der Waals surface area contributed by atoms with Gasteiger partial charge in [-0.25, -0.2) is 8.42 Å². The van der Waals surface area contributed by atoms with E-state index in [2.05, 4.69) is 4.90 Å². The molecule has 5 nitrogen and oxygen atoms in total. The Labute approximate surface area is 186 Å². The van der Waals surface area contributed by atoms with Crippen molar-refractivity contribution in [1.82, 2.24) is 9.21 Å². The Kier molecular flexibility index (Phi) is 8.28. The molecule has 2 aromatic rings. The molecular weight excluding hydrogens is 466 g/mol. The topological polar surface area (TPSA) is 49.9 Å². The smallest absolute Gasteiger partial charge is 0.244 e. The van der Waals surface area contributed by atoms with Crippen molar-refractivity contribution in [1.29, 1.82) is 0 Å². The minimum Gasteiger partial charge on any atom is -0.497 e. The molecule has 154 valence electrons. The van der Waals surface area contributed by atoms with Crippen LogP contribution in [0.2, 0.25) is 15.1 Å². The molecule has 0 spiro atoms. The summed E-state index contributed by atoms with van der Waals surface area (Å²) in [6, 6.07) is 10.5. The van der Waals surface area contributed by atoms with Gasteiger partial charge < -0.3 is 4.74 Å². The number of hydrogen-bond donors (Lipinski definition) is 0. The summed E-state index contributed by atoms with van der Waals surface area (Å²) in [4.78, 5) is 2.19. The average molecular weight is 486 g/mol. The van der Waals surface area contributed by atoms with Crippen molar-refractivity contribution in [2.24, 2.45) is 0 Å². The average Bonchev–Trinajstić information content (AvgIpc) is 2.65. The molecule has 0 saturated carbocycles. The third-order valence-electron chi connectivity index (χ3n) is 4.46. The van der Waals surface area contributed by atoms with Crippen molar-refractivity contribution in [3.63, 3.8) is 0 Å². The van der Waals surface area contributed by atoms with E-state index in [1.54, 1.807) is 7.11 Å². The van der Waals surface area contributed by atoms with Gasteiger partial charge in [-0.15, -0.1) is 12.4 Å². The highest BCUT2D eigenvalue weighted by atomic mass is 35.5. The van der Waals surface area contributed by atoms with Crippen molar-refractivity contribution in [3.8, 4) is 5.75 Å². The van der Waals surface area contributed by atoms with E-state index in [0.717, 1.165) is 17.9 Å². The third-order valence-corrected chi connectivity index (χ3v) is 7.55. The van der Waals surface area contributed by atoms with Crippen LogP contribution in [0.1, 0.15) is 5.56 Å². The van der Waals surface area contributed by atoms with E-state index in [0.29, 0.717) is 26.2 Å². The van der Waals surface area contributed by atoms with E-state index < -0.39 is 10.0 Å². The van der Waals surface area contributed by atoms with Gasteiger partial charge in [0.2, 0.25) is 10.0 Å². The highest BCUT2D eigenvalue weighted by Crippen LogP contribution is 2.33. The molecule has 0 atom stereocenters. The zero-order valence-electron chi connectivity index (χ0n) is 15.1. The molecule has 0 radical (unpaired) electrons. The summed E-state index contributed by atoms with van der Waals surface area (Å²) < 4.78 is 32.5. The van der Waals surface area contributed by atoms with E-state index in [9.17, 15) is 8.42 Å². The van der Waals surface area contributed by atoms with Crippen molar-refractivity contribution >= 4 is 57.2 Å². The maximum absolute atomic E-state index is 12.9. The number of nitrogens with zero attached hydrogens (tertiary/aromatic N) is 2. The lowest BCUT2D eigenvalue weighted by atomic mass is 10.2. The number of sulfonamides is 1. The van der Waals surface area contributed by atoms with Crippen LogP contribution < -0.4 is 4.74 Å². The number of rotatable bonds is 5. The van der Waals surface area contributed by atoms with Crippen LogP contribution in [0.25, 0.3) is 0 Å². The molecule has 0 aliphatic carbocycles. The van der Waals surface area contributed by atoms with Crippen LogP contribution in [0.3, 0.4) is 0 Å². The van der Waals surface area contributed by atoms with E-state index in [1.807, 2.05) is 24.3 Å². The number of ether oxygens (including phenoxy) is 1. The van der Waals surface area contributed by atoms with Gasteiger partial charge in [0.15, 0.2) is 0 Å². The minimum absolute atomic E-state index is 0. The Hall–Kier alpha value is -0.730. The van der Waals surface area contributed by atoms with Gasteiger partial charge in [0.1, 0.15) is 10.6 Å². The fourth-order valence-corrected chi connectivity index (χ4v) is 5.40. The Bertz CT molecular complexity index is 932. The normalized spacial score (nSPS) is 15.9. The first-order valence-corrected chi connectivity index (χ1v) is 10.9. The molecule has 3 rings (SSSR count). The van der Waals surface area contributed by atoms with Gasteiger partial charge >= 0.3 is 0 Å². The molecule has 1 aliphatic rings. The zero-order valence-corrected chi connectivity index (χ0v) is 19.0. The maximum Gasteiger partial charge on any atom is 0.244 e. The number of hydrogen-bond acceptors (Lipinski definition) is 4. The second-order valence-electron chi connectivity index (χ2n) is 6.23. The Morgan fingerprint density at radius 1 is 0.964 bits per heavy atom. The van der Waals surface area contributed by atoms with Crippen molar-refractivity contribution in [2.75, 3.05) is 33.3 Å². The zero-order chi connectivity index (χ0) is 19.6. The molecule has 0 bridgehead atoms. The molecule has 10 heteroatoms. The fraction of sp³-hybridized carbons (Fsp3) is 0.333. The van der Waals surface area contributed by atoms with Gasteiger partial charge in [-0.1, -0.05) is 46.9 Å². The molecular formula is C18H20Cl4N2O3S. The first kappa shape index (κ1) is 23.5. The van der Waals surface area contributed by atoms with Crippen LogP contribution in [0.15, 0.2) is 41.3 Å². The number of halogens is 4. The first-order chi connectivity index (χ1) is 12.8. The second-order valence-corrected chi connectivity index (χ2v) is 9.36. The van der Waals surface area contributed by atoms with Gasteiger partial charge in [-0.3, -0.25) is 4.90 Å². The van der Waals surface area contributed by atoms with Gasteiger partial charge in [-0.2, -0.15) is 4.31 Å². The van der Waals surface area contributed by atoms with Crippen molar-refractivity contribution in [2.45, 2.75) is 11.4 Å². The predicted octanol–water partition coefficient (Wildman–Crippen LogP) is 4.58.